The molecular weight excluding hydrogens is 291 g/mol. The van der Waals surface area contributed by atoms with Crippen molar-refractivity contribution in [3.8, 4) is 11.1 Å². The van der Waals surface area contributed by atoms with Gasteiger partial charge in [-0.1, -0.05) is 24.4 Å². The first-order chi connectivity index (χ1) is 11.1. The Morgan fingerprint density at radius 2 is 1.83 bits per heavy atom. The highest BCUT2D eigenvalue weighted by atomic mass is 19.2. The number of hydrogen-bond donors (Lipinski definition) is 0. The monoisotopic (exact) mass is 310 g/mol. The minimum Gasteiger partial charge on any atom is -0.289 e. The first-order valence-electron chi connectivity index (χ1n) is 7.81. The van der Waals surface area contributed by atoms with Gasteiger partial charge >= 0.3 is 0 Å². The summed E-state index contributed by atoms with van der Waals surface area (Å²) in [5.74, 6) is 0.467. The fourth-order valence-electron chi connectivity index (χ4n) is 2.68. The molecule has 0 N–H and O–H groups in total. The molecular formula is C19H19FN2O. The number of hydrogen-bond acceptors (Lipinski definition) is 2. The molecule has 118 valence electrons. The molecule has 0 unspecified atom stereocenters. The fourth-order valence-corrected chi connectivity index (χ4v) is 2.68. The van der Waals surface area contributed by atoms with E-state index in [1.807, 2.05) is 18.2 Å². The van der Waals surface area contributed by atoms with Gasteiger partial charge in [-0.25, -0.2) is 0 Å². The molecule has 3 rings (SSSR count). The predicted molar refractivity (Wildman–Crippen MR) is 91.1 cm³/mol. The van der Waals surface area contributed by atoms with Gasteiger partial charge in [0.2, 0.25) is 0 Å². The zero-order valence-corrected chi connectivity index (χ0v) is 13.3. The predicted octanol–water partition coefficient (Wildman–Crippen LogP) is 4.38. The molecule has 0 bridgehead atoms. The standard InChI is InChI=1S/C19H19FN2O/c1-13(2)3-5-16-12-19(23)17-11-15(4-6-18(17)22(16)20)14-7-9-21-10-8-14/h4,6-13H,3,5H2,1-2H3. The molecule has 0 saturated carbocycles. The Hall–Kier alpha value is -2.49. The Morgan fingerprint density at radius 1 is 1.09 bits per heavy atom. The molecule has 0 spiro atoms. The van der Waals surface area contributed by atoms with E-state index in [-0.39, 0.29) is 5.43 Å². The van der Waals surface area contributed by atoms with Crippen LogP contribution < -0.4 is 5.43 Å². The van der Waals surface area contributed by atoms with Crippen LogP contribution in [0.1, 0.15) is 26.0 Å². The van der Waals surface area contributed by atoms with E-state index in [4.69, 9.17) is 0 Å². The topological polar surface area (TPSA) is 34.9 Å². The second-order valence-electron chi connectivity index (χ2n) is 6.18. The minimum atomic E-state index is -0.136. The van der Waals surface area contributed by atoms with Crippen LogP contribution in [0, 0.1) is 5.92 Å². The SMILES string of the molecule is CC(C)CCc1cc(=O)c2cc(-c3ccncc3)ccc2n1F. The smallest absolute Gasteiger partial charge is 0.189 e. The van der Waals surface area contributed by atoms with Crippen LogP contribution in [0.5, 0.6) is 0 Å². The highest BCUT2D eigenvalue weighted by Gasteiger charge is 2.11. The number of benzene rings is 1. The van der Waals surface area contributed by atoms with Gasteiger partial charge in [0.05, 0.1) is 11.2 Å². The summed E-state index contributed by atoms with van der Waals surface area (Å²) in [7, 11) is 0. The van der Waals surface area contributed by atoms with Crippen LogP contribution in [-0.2, 0) is 6.42 Å². The molecule has 0 amide bonds. The van der Waals surface area contributed by atoms with Gasteiger partial charge in [-0.05, 0) is 54.2 Å². The lowest BCUT2D eigenvalue weighted by Gasteiger charge is -2.11. The maximum absolute atomic E-state index is 14.6. The average Bonchev–Trinajstić information content (AvgIpc) is 2.57. The third-order valence-corrected chi connectivity index (χ3v) is 4.01. The molecule has 4 heteroatoms. The van der Waals surface area contributed by atoms with Gasteiger partial charge < -0.3 is 0 Å². The summed E-state index contributed by atoms with van der Waals surface area (Å²) in [6, 6.07) is 10.4. The molecule has 2 heterocycles. The van der Waals surface area contributed by atoms with Crippen molar-refractivity contribution in [1.29, 1.82) is 0 Å². The summed E-state index contributed by atoms with van der Waals surface area (Å²) in [4.78, 5) is 17.0. The van der Waals surface area contributed by atoms with Gasteiger partial charge in [0.1, 0.15) is 0 Å². The highest BCUT2D eigenvalue weighted by Crippen LogP contribution is 2.23. The maximum Gasteiger partial charge on any atom is 0.189 e. The Bertz CT molecular complexity index is 885. The van der Waals surface area contributed by atoms with E-state index in [1.165, 1.54) is 6.07 Å². The van der Waals surface area contributed by atoms with Gasteiger partial charge in [-0.2, -0.15) is 4.79 Å². The summed E-state index contributed by atoms with van der Waals surface area (Å²) >= 11 is 0. The Balaban J connectivity index is 2.09. The van der Waals surface area contributed by atoms with E-state index in [1.54, 1.807) is 24.5 Å². The van der Waals surface area contributed by atoms with Crippen molar-refractivity contribution in [3.63, 3.8) is 0 Å². The van der Waals surface area contributed by atoms with E-state index < -0.39 is 0 Å². The molecule has 3 nitrogen and oxygen atoms in total. The van der Waals surface area contributed by atoms with Crippen molar-refractivity contribution in [2.45, 2.75) is 26.7 Å². The molecule has 0 aliphatic rings. The minimum absolute atomic E-state index is 0.136. The van der Waals surface area contributed by atoms with E-state index in [2.05, 4.69) is 18.8 Å². The van der Waals surface area contributed by atoms with Crippen molar-refractivity contribution < 1.29 is 4.48 Å². The van der Waals surface area contributed by atoms with Crippen LogP contribution in [0.2, 0.25) is 0 Å². The second-order valence-corrected chi connectivity index (χ2v) is 6.18. The molecule has 0 atom stereocenters. The van der Waals surface area contributed by atoms with Crippen LogP contribution in [0.4, 0.5) is 4.48 Å². The molecule has 0 aliphatic carbocycles. The van der Waals surface area contributed by atoms with E-state index in [9.17, 15) is 9.28 Å². The van der Waals surface area contributed by atoms with Crippen molar-refractivity contribution in [2.75, 3.05) is 0 Å². The first kappa shape index (κ1) is 15.4. The van der Waals surface area contributed by atoms with Crippen molar-refractivity contribution in [3.05, 3.63) is 64.7 Å². The van der Waals surface area contributed by atoms with E-state index >= 15 is 0 Å². The van der Waals surface area contributed by atoms with Crippen LogP contribution in [0.3, 0.4) is 0 Å². The normalized spacial score (nSPS) is 11.3. The maximum atomic E-state index is 14.6. The number of nitrogens with zero attached hydrogens (tertiary/aromatic N) is 2. The molecule has 3 aromatic rings. The van der Waals surface area contributed by atoms with Crippen molar-refractivity contribution in [1.82, 2.24) is 9.77 Å². The summed E-state index contributed by atoms with van der Waals surface area (Å²) in [5, 5.41) is 0.398. The van der Waals surface area contributed by atoms with Crippen LogP contribution in [0.25, 0.3) is 22.0 Å². The van der Waals surface area contributed by atoms with Gasteiger partial charge in [0.15, 0.2) is 5.43 Å². The highest BCUT2D eigenvalue weighted by molar-refractivity contribution is 5.84. The zero-order chi connectivity index (χ0) is 16.4. The lowest BCUT2D eigenvalue weighted by molar-refractivity contribution is 0.362. The van der Waals surface area contributed by atoms with E-state index in [0.29, 0.717) is 33.7 Å². The number of pyridine rings is 2. The van der Waals surface area contributed by atoms with Gasteiger partial charge in [-0.3, -0.25) is 9.78 Å². The Morgan fingerprint density at radius 3 is 2.52 bits per heavy atom. The second kappa shape index (κ2) is 6.32. The number of fused-ring (bicyclic) bond motifs is 1. The molecule has 0 fully saturated rings. The summed E-state index contributed by atoms with van der Waals surface area (Å²) in [6.07, 6.45) is 4.80. The molecule has 0 aliphatic heterocycles. The van der Waals surface area contributed by atoms with Crippen LogP contribution in [0.15, 0.2) is 53.6 Å². The first-order valence-corrected chi connectivity index (χ1v) is 7.81. The molecule has 2 aromatic heterocycles. The van der Waals surface area contributed by atoms with Gasteiger partial charge in [-0.15, -0.1) is 0 Å². The number of aryl methyl sites for hydroxylation is 1. The zero-order valence-electron chi connectivity index (χ0n) is 13.3. The van der Waals surface area contributed by atoms with E-state index in [0.717, 1.165) is 17.5 Å². The average molecular weight is 310 g/mol. The Kier molecular flexibility index (Phi) is 4.24. The van der Waals surface area contributed by atoms with Crippen LogP contribution in [-0.4, -0.2) is 9.77 Å². The summed E-state index contributed by atoms with van der Waals surface area (Å²) < 4.78 is 14.6. The number of halogens is 1. The lowest BCUT2D eigenvalue weighted by Crippen LogP contribution is -2.10. The van der Waals surface area contributed by atoms with Crippen LogP contribution >= 0.6 is 0 Å². The molecule has 0 saturated heterocycles. The summed E-state index contributed by atoms with van der Waals surface area (Å²) in [6.45, 7) is 4.17. The number of rotatable bonds is 4. The van der Waals surface area contributed by atoms with Crippen molar-refractivity contribution >= 4 is 10.9 Å². The van der Waals surface area contributed by atoms with Gasteiger partial charge in [0, 0.05) is 23.8 Å². The third kappa shape index (κ3) is 3.16. The molecule has 0 radical (unpaired) electrons. The van der Waals surface area contributed by atoms with Crippen molar-refractivity contribution in [2.24, 2.45) is 5.92 Å². The summed E-state index contributed by atoms with van der Waals surface area (Å²) in [5.41, 5.74) is 2.47. The number of aromatic nitrogens is 2. The largest absolute Gasteiger partial charge is 0.289 e. The fraction of sp³-hybridized carbons (Fsp3) is 0.263. The third-order valence-electron chi connectivity index (χ3n) is 4.01. The lowest BCUT2D eigenvalue weighted by atomic mass is 10.0. The molecule has 23 heavy (non-hydrogen) atoms. The Labute approximate surface area is 134 Å². The molecule has 1 aromatic carbocycles. The van der Waals surface area contributed by atoms with Gasteiger partial charge in [0.25, 0.3) is 0 Å². The quantitative estimate of drug-likeness (QED) is 0.716.